The summed E-state index contributed by atoms with van der Waals surface area (Å²) in [6, 6.07) is 0. The second kappa shape index (κ2) is 3.35. The topological polar surface area (TPSA) is 20.2 Å². The predicted molar refractivity (Wildman–Crippen MR) is 68.2 cm³/mol. The SMILES string of the molecule is CC1=C(CO)CC2(C)CCCC(C)(C)C12C. The van der Waals surface area contributed by atoms with Crippen LogP contribution in [0.4, 0.5) is 0 Å². The third-order valence-electron chi connectivity index (χ3n) is 6.17. The van der Waals surface area contributed by atoms with E-state index in [-0.39, 0.29) is 12.0 Å². The van der Waals surface area contributed by atoms with Crippen LogP contribution in [0, 0.1) is 16.2 Å². The second-order valence-corrected chi connectivity index (χ2v) is 6.99. The maximum atomic E-state index is 9.52. The Morgan fingerprint density at radius 2 is 1.75 bits per heavy atom. The van der Waals surface area contributed by atoms with Crippen molar-refractivity contribution in [2.45, 2.75) is 60.3 Å². The molecule has 16 heavy (non-hydrogen) atoms. The van der Waals surface area contributed by atoms with Crippen molar-refractivity contribution in [2.75, 3.05) is 6.61 Å². The van der Waals surface area contributed by atoms with Gasteiger partial charge in [0.1, 0.15) is 0 Å². The molecule has 0 aromatic rings. The number of aliphatic hydroxyl groups excluding tert-OH is 1. The highest BCUT2D eigenvalue weighted by atomic mass is 16.3. The number of allylic oxidation sites excluding steroid dienone is 1. The van der Waals surface area contributed by atoms with Crippen LogP contribution in [-0.4, -0.2) is 11.7 Å². The van der Waals surface area contributed by atoms with Crippen LogP contribution >= 0.6 is 0 Å². The Morgan fingerprint density at radius 1 is 1.12 bits per heavy atom. The van der Waals surface area contributed by atoms with Gasteiger partial charge in [0.25, 0.3) is 0 Å². The van der Waals surface area contributed by atoms with Crippen molar-refractivity contribution in [3.63, 3.8) is 0 Å². The van der Waals surface area contributed by atoms with Crippen LogP contribution < -0.4 is 0 Å². The average molecular weight is 222 g/mol. The van der Waals surface area contributed by atoms with E-state index in [1.165, 1.54) is 30.4 Å². The molecule has 0 radical (unpaired) electrons. The lowest BCUT2D eigenvalue weighted by Crippen LogP contribution is -2.49. The number of hydrogen-bond donors (Lipinski definition) is 1. The summed E-state index contributed by atoms with van der Waals surface area (Å²) in [4.78, 5) is 0. The zero-order valence-corrected chi connectivity index (χ0v) is 11.5. The van der Waals surface area contributed by atoms with E-state index in [1.807, 2.05) is 0 Å². The van der Waals surface area contributed by atoms with Crippen molar-refractivity contribution in [3.05, 3.63) is 11.1 Å². The highest BCUT2D eigenvalue weighted by Gasteiger charge is 2.59. The standard InChI is InChI=1S/C15H26O/c1-11-12(10-16)9-14(4)8-6-7-13(2,3)15(11,14)5/h16H,6-10H2,1-5H3. The molecule has 0 heterocycles. The fourth-order valence-electron chi connectivity index (χ4n) is 4.59. The highest BCUT2D eigenvalue weighted by Crippen LogP contribution is 2.69. The summed E-state index contributed by atoms with van der Waals surface area (Å²) < 4.78 is 0. The fourth-order valence-corrected chi connectivity index (χ4v) is 4.59. The molecule has 0 aliphatic heterocycles. The van der Waals surface area contributed by atoms with Gasteiger partial charge in [-0.05, 0) is 48.0 Å². The van der Waals surface area contributed by atoms with Gasteiger partial charge in [-0.25, -0.2) is 0 Å². The van der Waals surface area contributed by atoms with Crippen LogP contribution in [0.15, 0.2) is 11.1 Å². The number of aliphatic hydroxyl groups is 1. The van der Waals surface area contributed by atoms with Gasteiger partial charge < -0.3 is 5.11 Å². The quantitative estimate of drug-likeness (QED) is 0.667. The van der Waals surface area contributed by atoms with E-state index in [9.17, 15) is 5.11 Å². The van der Waals surface area contributed by atoms with Gasteiger partial charge in [0, 0.05) is 0 Å². The number of fused-ring (bicyclic) bond motifs is 1. The monoisotopic (exact) mass is 222 g/mol. The molecule has 1 saturated carbocycles. The molecule has 92 valence electrons. The van der Waals surface area contributed by atoms with Gasteiger partial charge in [-0.15, -0.1) is 0 Å². The van der Waals surface area contributed by atoms with Crippen LogP contribution in [0.3, 0.4) is 0 Å². The molecule has 2 atom stereocenters. The summed E-state index contributed by atoms with van der Waals surface area (Å²) in [6.45, 7) is 12.2. The molecule has 1 nitrogen and oxygen atoms in total. The molecule has 0 saturated heterocycles. The second-order valence-electron chi connectivity index (χ2n) is 6.99. The first kappa shape index (κ1) is 12.2. The summed E-state index contributed by atoms with van der Waals surface area (Å²) in [5.41, 5.74) is 3.79. The Hall–Kier alpha value is -0.300. The zero-order chi connectivity index (χ0) is 12.2. The minimum Gasteiger partial charge on any atom is -0.392 e. The third-order valence-corrected chi connectivity index (χ3v) is 6.17. The zero-order valence-electron chi connectivity index (χ0n) is 11.5. The summed E-state index contributed by atoms with van der Waals surface area (Å²) in [6.07, 6.45) is 5.07. The van der Waals surface area contributed by atoms with Crippen molar-refractivity contribution in [2.24, 2.45) is 16.2 Å². The van der Waals surface area contributed by atoms with Crippen LogP contribution in [0.2, 0.25) is 0 Å². The normalized spacial score (nSPS) is 42.4. The summed E-state index contributed by atoms with van der Waals surface area (Å²) in [5, 5.41) is 9.52. The predicted octanol–water partition coefficient (Wildman–Crippen LogP) is 3.92. The Labute approximate surface area is 99.9 Å². The first-order chi connectivity index (χ1) is 7.28. The molecular formula is C15H26O. The molecule has 1 fully saturated rings. The van der Waals surface area contributed by atoms with E-state index in [0.717, 1.165) is 6.42 Å². The molecule has 1 N–H and O–H groups in total. The van der Waals surface area contributed by atoms with Gasteiger partial charge >= 0.3 is 0 Å². The smallest absolute Gasteiger partial charge is 0.0644 e. The fraction of sp³-hybridized carbons (Fsp3) is 0.867. The van der Waals surface area contributed by atoms with Gasteiger partial charge in [0.05, 0.1) is 6.61 Å². The lowest BCUT2D eigenvalue weighted by Gasteiger charge is -2.57. The Bertz CT molecular complexity index is 339. The maximum Gasteiger partial charge on any atom is 0.0644 e. The van der Waals surface area contributed by atoms with Gasteiger partial charge in [-0.3, -0.25) is 0 Å². The molecule has 2 aliphatic carbocycles. The average Bonchev–Trinajstić information content (AvgIpc) is 2.40. The minimum absolute atomic E-state index is 0.257. The number of hydrogen-bond acceptors (Lipinski definition) is 1. The molecule has 0 amide bonds. The molecule has 0 bridgehead atoms. The van der Waals surface area contributed by atoms with Crippen LogP contribution in [-0.2, 0) is 0 Å². The molecular weight excluding hydrogens is 196 g/mol. The lowest BCUT2D eigenvalue weighted by atomic mass is 9.47. The third kappa shape index (κ3) is 1.21. The Balaban J connectivity index is 2.55. The van der Waals surface area contributed by atoms with E-state index in [4.69, 9.17) is 0 Å². The summed E-state index contributed by atoms with van der Waals surface area (Å²) in [7, 11) is 0. The van der Waals surface area contributed by atoms with Crippen molar-refractivity contribution in [1.82, 2.24) is 0 Å². The minimum atomic E-state index is 0.257. The number of rotatable bonds is 1. The Kier molecular flexibility index (Phi) is 2.55. The molecule has 2 aliphatic rings. The lowest BCUT2D eigenvalue weighted by molar-refractivity contribution is -0.0468. The van der Waals surface area contributed by atoms with Gasteiger partial charge in [-0.2, -0.15) is 0 Å². The summed E-state index contributed by atoms with van der Waals surface area (Å²) >= 11 is 0. The Morgan fingerprint density at radius 3 is 2.25 bits per heavy atom. The highest BCUT2D eigenvalue weighted by molar-refractivity contribution is 5.35. The van der Waals surface area contributed by atoms with Gasteiger partial charge in [-0.1, -0.05) is 39.7 Å². The summed E-state index contributed by atoms with van der Waals surface area (Å²) in [5.74, 6) is 0. The van der Waals surface area contributed by atoms with Crippen LogP contribution in [0.25, 0.3) is 0 Å². The van der Waals surface area contributed by atoms with Crippen molar-refractivity contribution in [3.8, 4) is 0 Å². The van der Waals surface area contributed by atoms with E-state index in [1.54, 1.807) is 0 Å². The molecule has 2 rings (SSSR count). The van der Waals surface area contributed by atoms with Crippen molar-refractivity contribution in [1.29, 1.82) is 0 Å². The first-order valence-corrected chi connectivity index (χ1v) is 6.58. The van der Waals surface area contributed by atoms with E-state index >= 15 is 0 Å². The molecule has 2 unspecified atom stereocenters. The van der Waals surface area contributed by atoms with Crippen molar-refractivity contribution < 1.29 is 5.11 Å². The van der Waals surface area contributed by atoms with Crippen LogP contribution in [0.1, 0.15) is 60.3 Å². The van der Waals surface area contributed by atoms with E-state index < -0.39 is 0 Å². The van der Waals surface area contributed by atoms with Gasteiger partial charge in [0.2, 0.25) is 0 Å². The first-order valence-electron chi connectivity index (χ1n) is 6.58. The van der Waals surface area contributed by atoms with Crippen molar-refractivity contribution >= 4 is 0 Å². The van der Waals surface area contributed by atoms with Crippen LogP contribution in [0.5, 0.6) is 0 Å². The molecule has 0 aromatic carbocycles. The van der Waals surface area contributed by atoms with E-state index in [0.29, 0.717) is 10.8 Å². The molecule has 0 aromatic heterocycles. The largest absolute Gasteiger partial charge is 0.392 e. The molecule has 1 heteroatoms. The van der Waals surface area contributed by atoms with E-state index in [2.05, 4.69) is 34.6 Å². The van der Waals surface area contributed by atoms with Gasteiger partial charge in [0.15, 0.2) is 0 Å². The maximum absolute atomic E-state index is 9.52. The molecule has 0 spiro atoms.